The highest BCUT2D eigenvalue weighted by Crippen LogP contribution is 2.32. The molecule has 1 aliphatic heterocycles. The number of pyridine rings is 1. The molecule has 20 heteroatoms. The third kappa shape index (κ3) is 7.95. The lowest BCUT2D eigenvalue weighted by atomic mass is 10.1. The SMILES string of the molecule is CCN=C(C(=O)Nc1nc2cc(C(N)=O)c[n+]3c2n1C/C=C/Cn1c(NC(=O)c2cc(C)nn2CC)nc2cc(C(N)=O)cc(c21)OCCCN3C)/C(N)=C(/C)N. The summed E-state index contributed by atoms with van der Waals surface area (Å²) in [6.07, 6.45) is 5.74. The molecule has 20 nitrogen and oxygen atoms in total. The van der Waals surface area contributed by atoms with E-state index in [1.165, 1.54) is 0 Å². The highest BCUT2D eigenvalue weighted by molar-refractivity contribution is 6.48. The number of hydrogen-bond donors (Lipinski definition) is 6. The van der Waals surface area contributed by atoms with Gasteiger partial charge in [0.15, 0.2) is 5.52 Å². The summed E-state index contributed by atoms with van der Waals surface area (Å²) in [7, 11) is 1.82. The molecule has 4 aromatic heterocycles. The second-order valence-corrected chi connectivity index (χ2v) is 13.3. The molecule has 0 spiro atoms. The van der Waals surface area contributed by atoms with Crippen LogP contribution in [0.3, 0.4) is 0 Å². The van der Waals surface area contributed by atoms with Crippen molar-refractivity contribution in [2.24, 2.45) is 27.9 Å². The Morgan fingerprint density at radius 1 is 0.912 bits per heavy atom. The first-order valence-electron chi connectivity index (χ1n) is 18.2. The second-order valence-electron chi connectivity index (χ2n) is 13.3. The van der Waals surface area contributed by atoms with E-state index >= 15 is 0 Å². The summed E-state index contributed by atoms with van der Waals surface area (Å²) >= 11 is 0. The number of nitrogens with zero attached hydrogens (tertiary/aromatic N) is 9. The zero-order valence-corrected chi connectivity index (χ0v) is 32.4. The number of hydrogen-bond acceptors (Lipinski definition) is 12. The Bertz CT molecular complexity index is 2520. The molecule has 5 heterocycles. The van der Waals surface area contributed by atoms with Gasteiger partial charge in [0.2, 0.25) is 11.9 Å². The average molecular weight is 781 g/mol. The van der Waals surface area contributed by atoms with Crippen molar-refractivity contribution in [3.8, 4) is 5.75 Å². The summed E-state index contributed by atoms with van der Waals surface area (Å²) in [5.41, 5.74) is 27.0. The average Bonchev–Trinajstić information content (AvgIpc) is 3.84. The van der Waals surface area contributed by atoms with Gasteiger partial charge in [0, 0.05) is 44.4 Å². The molecule has 57 heavy (non-hydrogen) atoms. The van der Waals surface area contributed by atoms with Crippen LogP contribution in [0.2, 0.25) is 0 Å². The number of aryl methyl sites for hydroxylation is 2. The molecule has 0 unspecified atom stereocenters. The maximum atomic E-state index is 13.7. The molecule has 4 amide bonds. The molecular formula is C37H46N15O5+. The number of rotatable bonds is 9. The monoisotopic (exact) mass is 780 g/mol. The normalized spacial score (nSPS) is 14.7. The largest absolute Gasteiger partial charge is 0.491 e. The third-order valence-electron chi connectivity index (χ3n) is 9.20. The minimum atomic E-state index is -0.673. The fraction of sp³-hybridized carbons (Fsp3) is 0.324. The minimum absolute atomic E-state index is 0.0301. The topological polar surface area (TPSA) is 279 Å². The van der Waals surface area contributed by atoms with Gasteiger partial charge in [-0.25, -0.2) is 9.99 Å². The zero-order valence-electron chi connectivity index (χ0n) is 32.4. The van der Waals surface area contributed by atoms with E-state index in [-0.39, 0.29) is 66.4 Å². The Morgan fingerprint density at radius 3 is 2.25 bits per heavy atom. The van der Waals surface area contributed by atoms with E-state index in [4.69, 9.17) is 37.6 Å². The van der Waals surface area contributed by atoms with Gasteiger partial charge in [-0.2, -0.15) is 14.6 Å². The van der Waals surface area contributed by atoms with Crippen molar-refractivity contribution < 1.29 is 28.6 Å². The Balaban J connectivity index is 1.48. The van der Waals surface area contributed by atoms with Crippen LogP contribution in [0.15, 0.2) is 59.0 Å². The van der Waals surface area contributed by atoms with Crippen LogP contribution < -0.4 is 48.0 Å². The minimum Gasteiger partial charge on any atom is -0.491 e. The lowest BCUT2D eigenvalue weighted by Crippen LogP contribution is -2.57. The number of anilines is 2. The van der Waals surface area contributed by atoms with E-state index < -0.39 is 23.6 Å². The summed E-state index contributed by atoms with van der Waals surface area (Å²) in [5, 5.41) is 12.0. The first-order chi connectivity index (χ1) is 27.2. The fourth-order valence-corrected chi connectivity index (χ4v) is 6.46. The van der Waals surface area contributed by atoms with Gasteiger partial charge in [-0.05, 0) is 58.0 Å². The van der Waals surface area contributed by atoms with Crippen LogP contribution in [0.1, 0.15) is 64.1 Å². The van der Waals surface area contributed by atoms with Crippen molar-refractivity contribution in [1.82, 2.24) is 28.9 Å². The van der Waals surface area contributed by atoms with Crippen LogP contribution in [0.25, 0.3) is 22.2 Å². The Kier molecular flexibility index (Phi) is 11.2. The number of ether oxygens (including phenoxy) is 1. The number of allylic oxidation sites excluding steroid dienone is 3. The van der Waals surface area contributed by atoms with E-state index in [9.17, 15) is 19.2 Å². The number of amides is 4. The maximum absolute atomic E-state index is 13.7. The van der Waals surface area contributed by atoms with Crippen molar-refractivity contribution in [2.75, 3.05) is 42.4 Å². The number of carbonyl (C=O) groups excluding carboxylic acids is 4. The number of aliphatic imine (C=N–C) groups is 1. The first-order valence-corrected chi connectivity index (χ1v) is 18.2. The molecule has 0 bridgehead atoms. The zero-order chi connectivity index (χ0) is 41.1. The van der Waals surface area contributed by atoms with Gasteiger partial charge >= 0.3 is 11.6 Å². The predicted octanol–water partition coefficient (Wildman–Crippen LogP) is 0.803. The predicted molar refractivity (Wildman–Crippen MR) is 213 cm³/mol. The molecule has 10 N–H and O–H groups in total. The quantitative estimate of drug-likeness (QED) is 0.0691. The molecule has 0 aliphatic carbocycles. The number of nitrogens with one attached hydrogen (secondary N) is 2. The molecular weight excluding hydrogens is 735 g/mol. The highest BCUT2D eigenvalue weighted by atomic mass is 16.5. The lowest BCUT2D eigenvalue weighted by molar-refractivity contribution is -0.667. The van der Waals surface area contributed by atoms with Gasteiger partial charge < -0.3 is 32.2 Å². The first kappa shape index (κ1) is 39.4. The fourth-order valence-electron chi connectivity index (χ4n) is 6.46. The van der Waals surface area contributed by atoms with E-state index in [1.807, 2.05) is 31.1 Å². The number of aromatic nitrogens is 7. The van der Waals surface area contributed by atoms with Crippen molar-refractivity contribution in [1.29, 1.82) is 0 Å². The molecule has 6 rings (SSSR count). The maximum Gasteiger partial charge on any atom is 0.334 e. The van der Waals surface area contributed by atoms with Crippen LogP contribution in [-0.4, -0.2) is 85.0 Å². The Hall–Kier alpha value is -7.25. The van der Waals surface area contributed by atoms with Crippen LogP contribution in [0, 0.1) is 6.92 Å². The van der Waals surface area contributed by atoms with Crippen molar-refractivity contribution in [3.63, 3.8) is 0 Å². The van der Waals surface area contributed by atoms with Gasteiger partial charge in [-0.1, -0.05) is 6.08 Å². The van der Waals surface area contributed by atoms with Gasteiger partial charge in [0.25, 0.3) is 17.7 Å². The molecule has 0 atom stereocenters. The lowest BCUT2D eigenvalue weighted by Gasteiger charge is -2.18. The van der Waals surface area contributed by atoms with E-state index in [0.717, 1.165) is 0 Å². The van der Waals surface area contributed by atoms with Crippen LogP contribution >= 0.6 is 0 Å². The summed E-state index contributed by atoms with van der Waals surface area (Å²) in [6, 6.07) is 6.34. The standard InChI is InChI=1S/C37H45N15O5/c1-6-42-29(28(39)21(4)38)34(56)46-37-44-25-17-23(32(41)54)19-52-35(25)50(37)13-9-8-12-49-30-24(16-22(31(40)53)18-27(30)57-14-10-11-48(52)5)43-36(49)45-33(55)26-15-20(3)47-51(26)7-2/h8-9,15-19H,6-7,10-14H2,1-5H3,(H9-,38,39,40,41,42,43,44,45,46,47,53,54,55,56)/p+1/b9-8+. The third-order valence-corrected chi connectivity index (χ3v) is 9.20. The molecule has 1 aliphatic rings. The number of carbonyl (C=O) groups is 4. The summed E-state index contributed by atoms with van der Waals surface area (Å²) in [4.78, 5) is 66.0. The number of nitrogens with two attached hydrogens (primary N) is 4. The number of primary amides is 2. The van der Waals surface area contributed by atoms with E-state index in [1.54, 1.807) is 69.7 Å². The highest BCUT2D eigenvalue weighted by Gasteiger charge is 2.29. The Labute approximate surface area is 326 Å². The second kappa shape index (κ2) is 16.2. The molecule has 1 aromatic carbocycles. The van der Waals surface area contributed by atoms with Gasteiger partial charge in [0.05, 0.1) is 35.6 Å². The molecule has 0 saturated carbocycles. The van der Waals surface area contributed by atoms with Gasteiger partial charge in [0.1, 0.15) is 35.4 Å². The molecule has 0 saturated heterocycles. The van der Waals surface area contributed by atoms with Crippen LogP contribution in [0.4, 0.5) is 11.9 Å². The number of benzene rings is 1. The summed E-state index contributed by atoms with van der Waals surface area (Å²) < 4.78 is 13.2. The van der Waals surface area contributed by atoms with Crippen molar-refractivity contribution >= 4 is 63.4 Å². The van der Waals surface area contributed by atoms with Gasteiger partial charge in [-0.15, -0.1) is 4.68 Å². The van der Waals surface area contributed by atoms with E-state index in [0.29, 0.717) is 58.8 Å². The molecule has 0 radical (unpaired) electrons. The molecule has 298 valence electrons. The summed E-state index contributed by atoms with van der Waals surface area (Å²) in [6.45, 7) is 8.70. The molecule has 0 fully saturated rings. The van der Waals surface area contributed by atoms with Crippen molar-refractivity contribution in [3.05, 3.63) is 76.5 Å². The molecule has 5 aromatic rings. The van der Waals surface area contributed by atoms with Crippen LogP contribution in [-0.2, 0) is 24.4 Å². The summed E-state index contributed by atoms with van der Waals surface area (Å²) in [5.74, 6) is -1.75. The van der Waals surface area contributed by atoms with Crippen LogP contribution in [0.5, 0.6) is 5.75 Å². The van der Waals surface area contributed by atoms with E-state index in [2.05, 4.69) is 20.7 Å². The van der Waals surface area contributed by atoms with Gasteiger partial charge in [-0.3, -0.25) is 39.5 Å². The smallest absolute Gasteiger partial charge is 0.334 e. The Morgan fingerprint density at radius 2 is 1.58 bits per heavy atom. The number of imidazole rings is 2. The van der Waals surface area contributed by atoms with Crippen molar-refractivity contribution in [2.45, 2.75) is 53.8 Å².